The van der Waals surface area contributed by atoms with E-state index in [2.05, 4.69) is 15.2 Å². The standard InChI is InChI=1S/C16H8F3N5O2/c17-16(18,19)15-20-12-7-2-1-6-11(12)14-22-21-13(23(14)15)9-4-3-5-10(8-9)24(25)26/h1-8H. The van der Waals surface area contributed by atoms with Crippen molar-refractivity contribution in [2.75, 3.05) is 0 Å². The summed E-state index contributed by atoms with van der Waals surface area (Å²) in [7, 11) is 0. The largest absolute Gasteiger partial charge is 0.450 e. The summed E-state index contributed by atoms with van der Waals surface area (Å²) in [5.74, 6) is -1.37. The highest BCUT2D eigenvalue weighted by atomic mass is 19.4. The van der Waals surface area contributed by atoms with Gasteiger partial charge in [-0.1, -0.05) is 24.3 Å². The van der Waals surface area contributed by atoms with Crippen molar-refractivity contribution in [3.63, 3.8) is 0 Å². The van der Waals surface area contributed by atoms with Crippen molar-refractivity contribution in [1.82, 2.24) is 19.6 Å². The van der Waals surface area contributed by atoms with E-state index in [1.54, 1.807) is 18.2 Å². The van der Waals surface area contributed by atoms with E-state index >= 15 is 0 Å². The molecule has 2 aromatic carbocycles. The lowest BCUT2D eigenvalue weighted by molar-refractivity contribution is -0.384. The molecule has 0 fully saturated rings. The summed E-state index contributed by atoms with van der Waals surface area (Å²) >= 11 is 0. The molecule has 0 saturated carbocycles. The number of rotatable bonds is 2. The molecular formula is C16H8F3N5O2. The lowest BCUT2D eigenvalue weighted by Gasteiger charge is -2.11. The normalized spacial score (nSPS) is 12.0. The zero-order valence-corrected chi connectivity index (χ0v) is 12.8. The molecule has 0 aliphatic carbocycles. The maximum atomic E-state index is 13.6. The van der Waals surface area contributed by atoms with Crippen LogP contribution in [0.2, 0.25) is 0 Å². The summed E-state index contributed by atoms with van der Waals surface area (Å²) in [5, 5.41) is 19.1. The molecule has 4 aromatic rings. The summed E-state index contributed by atoms with van der Waals surface area (Å²) in [6, 6.07) is 11.4. The van der Waals surface area contributed by atoms with Gasteiger partial charge in [0.1, 0.15) is 0 Å². The van der Waals surface area contributed by atoms with Crippen molar-refractivity contribution in [3.05, 3.63) is 64.5 Å². The van der Waals surface area contributed by atoms with Gasteiger partial charge in [0.2, 0.25) is 5.82 Å². The Morgan fingerprint density at radius 2 is 1.81 bits per heavy atom. The number of nitro benzene ring substituents is 1. The predicted molar refractivity (Wildman–Crippen MR) is 85.4 cm³/mol. The first-order valence-electron chi connectivity index (χ1n) is 7.32. The molecule has 0 saturated heterocycles. The molecule has 130 valence electrons. The summed E-state index contributed by atoms with van der Waals surface area (Å²) < 4.78 is 41.5. The van der Waals surface area contributed by atoms with Gasteiger partial charge in [-0.2, -0.15) is 13.2 Å². The van der Waals surface area contributed by atoms with E-state index in [4.69, 9.17) is 0 Å². The summed E-state index contributed by atoms with van der Waals surface area (Å²) in [5.41, 5.74) is -0.0226. The van der Waals surface area contributed by atoms with E-state index in [-0.39, 0.29) is 28.2 Å². The number of fused-ring (bicyclic) bond motifs is 3. The molecule has 0 radical (unpaired) electrons. The number of halogens is 3. The highest BCUT2D eigenvalue weighted by Crippen LogP contribution is 2.34. The third-order valence-electron chi connectivity index (χ3n) is 3.81. The predicted octanol–water partition coefficient (Wildman–Crippen LogP) is 3.87. The zero-order chi connectivity index (χ0) is 18.5. The van der Waals surface area contributed by atoms with Gasteiger partial charge < -0.3 is 0 Å². The van der Waals surface area contributed by atoms with Gasteiger partial charge in [0.25, 0.3) is 5.69 Å². The van der Waals surface area contributed by atoms with Crippen LogP contribution in [0.25, 0.3) is 27.9 Å². The van der Waals surface area contributed by atoms with Gasteiger partial charge >= 0.3 is 6.18 Å². The first-order valence-corrected chi connectivity index (χ1v) is 7.32. The maximum absolute atomic E-state index is 13.6. The quantitative estimate of drug-likeness (QED) is 0.401. The van der Waals surface area contributed by atoms with Crippen LogP contribution in [0.5, 0.6) is 0 Å². The van der Waals surface area contributed by atoms with E-state index in [9.17, 15) is 23.3 Å². The van der Waals surface area contributed by atoms with E-state index in [1.807, 2.05) is 0 Å². The highest BCUT2D eigenvalue weighted by Gasteiger charge is 2.37. The molecule has 2 heterocycles. The smallest absolute Gasteiger partial charge is 0.258 e. The van der Waals surface area contributed by atoms with E-state index in [1.165, 1.54) is 24.3 Å². The Balaban J connectivity index is 2.10. The average Bonchev–Trinajstić information content (AvgIpc) is 3.05. The monoisotopic (exact) mass is 359 g/mol. The Kier molecular flexibility index (Phi) is 3.36. The van der Waals surface area contributed by atoms with Crippen LogP contribution in [0.1, 0.15) is 5.82 Å². The molecule has 2 aromatic heterocycles. The minimum absolute atomic E-state index is 0.0237. The fourth-order valence-corrected chi connectivity index (χ4v) is 2.72. The topological polar surface area (TPSA) is 86.2 Å². The summed E-state index contributed by atoms with van der Waals surface area (Å²) in [6.07, 6.45) is -4.76. The Bertz CT molecular complexity index is 1170. The molecule has 4 rings (SSSR count). The first-order chi connectivity index (χ1) is 12.4. The molecular weight excluding hydrogens is 351 g/mol. The Morgan fingerprint density at radius 3 is 2.54 bits per heavy atom. The Morgan fingerprint density at radius 1 is 1.04 bits per heavy atom. The number of alkyl halides is 3. The lowest BCUT2D eigenvalue weighted by atomic mass is 10.2. The van der Waals surface area contributed by atoms with Gasteiger partial charge in [-0.15, -0.1) is 10.2 Å². The SMILES string of the molecule is O=[N+]([O-])c1cccc(-c2nnc3c4ccccc4nc(C(F)(F)F)n23)c1. The van der Waals surface area contributed by atoms with Crippen LogP contribution in [0, 0.1) is 10.1 Å². The number of benzene rings is 2. The van der Waals surface area contributed by atoms with Crippen molar-refractivity contribution >= 4 is 22.2 Å². The van der Waals surface area contributed by atoms with Crippen LogP contribution in [0.15, 0.2) is 48.5 Å². The molecule has 0 N–H and O–H groups in total. The average molecular weight is 359 g/mol. The van der Waals surface area contributed by atoms with Gasteiger partial charge in [0.05, 0.1) is 10.4 Å². The van der Waals surface area contributed by atoms with Crippen molar-refractivity contribution in [2.24, 2.45) is 0 Å². The molecule has 0 aliphatic rings. The number of para-hydroxylation sites is 1. The summed E-state index contributed by atoms with van der Waals surface area (Å²) in [4.78, 5) is 14.0. The van der Waals surface area contributed by atoms with Gasteiger partial charge in [-0.25, -0.2) is 4.98 Å². The highest BCUT2D eigenvalue weighted by molar-refractivity contribution is 5.92. The molecule has 0 atom stereocenters. The third-order valence-corrected chi connectivity index (χ3v) is 3.81. The van der Waals surface area contributed by atoms with E-state index in [0.29, 0.717) is 5.39 Å². The first kappa shape index (κ1) is 15.9. The second kappa shape index (κ2) is 5.48. The Labute approximate surface area is 142 Å². The van der Waals surface area contributed by atoms with Gasteiger partial charge in [0.15, 0.2) is 11.5 Å². The molecule has 0 unspecified atom stereocenters. The van der Waals surface area contributed by atoms with Gasteiger partial charge in [-0.05, 0) is 12.1 Å². The number of nitro groups is 1. The zero-order valence-electron chi connectivity index (χ0n) is 12.8. The van der Waals surface area contributed by atoms with Crippen LogP contribution in [0.4, 0.5) is 18.9 Å². The fraction of sp³-hybridized carbons (Fsp3) is 0.0625. The molecule has 0 spiro atoms. The second-order valence-electron chi connectivity index (χ2n) is 5.44. The van der Waals surface area contributed by atoms with Crippen LogP contribution < -0.4 is 0 Å². The molecule has 0 amide bonds. The van der Waals surface area contributed by atoms with Crippen molar-refractivity contribution in [3.8, 4) is 11.4 Å². The number of aromatic nitrogens is 4. The van der Waals surface area contributed by atoms with Crippen molar-refractivity contribution < 1.29 is 18.1 Å². The van der Waals surface area contributed by atoms with Crippen LogP contribution in [0.3, 0.4) is 0 Å². The number of non-ortho nitro benzene ring substituents is 1. The van der Waals surface area contributed by atoms with Gasteiger partial charge in [0, 0.05) is 23.1 Å². The van der Waals surface area contributed by atoms with Gasteiger partial charge in [-0.3, -0.25) is 14.5 Å². The minimum Gasteiger partial charge on any atom is -0.258 e. The van der Waals surface area contributed by atoms with Crippen LogP contribution in [-0.2, 0) is 6.18 Å². The number of hydrogen-bond donors (Lipinski definition) is 0. The fourth-order valence-electron chi connectivity index (χ4n) is 2.72. The number of nitrogens with zero attached hydrogens (tertiary/aromatic N) is 5. The molecule has 7 nitrogen and oxygen atoms in total. The van der Waals surface area contributed by atoms with E-state index < -0.39 is 16.9 Å². The van der Waals surface area contributed by atoms with E-state index in [0.717, 1.165) is 10.5 Å². The van der Waals surface area contributed by atoms with Crippen molar-refractivity contribution in [2.45, 2.75) is 6.18 Å². The molecule has 0 bridgehead atoms. The van der Waals surface area contributed by atoms with Crippen LogP contribution in [-0.4, -0.2) is 24.5 Å². The lowest BCUT2D eigenvalue weighted by Crippen LogP contribution is -2.15. The number of hydrogen-bond acceptors (Lipinski definition) is 5. The molecule has 26 heavy (non-hydrogen) atoms. The third kappa shape index (κ3) is 2.42. The van der Waals surface area contributed by atoms with Crippen molar-refractivity contribution in [1.29, 1.82) is 0 Å². The maximum Gasteiger partial charge on any atom is 0.450 e. The van der Waals surface area contributed by atoms with Crippen LogP contribution >= 0.6 is 0 Å². The molecule has 10 heteroatoms. The second-order valence-corrected chi connectivity index (χ2v) is 5.44. The summed E-state index contributed by atoms with van der Waals surface area (Å²) in [6.45, 7) is 0. The Hall–Kier alpha value is -3.56. The molecule has 0 aliphatic heterocycles. The minimum atomic E-state index is -4.76.